The van der Waals surface area contributed by atoms with E-state index in [0.717, 1.165) is 58.8 Å². The van der Waals surface area contributed by atoms with Crippen molar-refractivity contribution in [3.63, 3.8) is 0 Å². The zero-order chi connectivity index (χ0) is 33.4. The van der Waals surface area contributed by atoms with Gasteiger partial charge < -0.3 is 10.2 Å². The first kappa shape index (κ1) is 34.4. The van der Waals surface area contributed by atoms with Crippen LogP contribution in [0, 0.1) is 13.8 Å². The van der Waals surface area contributed by atoms with Crippen molar-refractivity contribution >= 4 is 43.5 Å². The SMILES string of the molecule is Cc1ccc(S(=O)(=O)N(CC(=O)N(Cc2cccc(Br)c2)[C@H](Cc2ccccc2)C(=O)NC2CCCCC2)c2cccc(C)c2)cc1. The van der Waals surface area contributed by atoms with Gasteiger partial charge in [0.25, 0.3) is 10.0 Å². The number of hydrogen-bond acceptors (Lipinski definition) is 4. The molecule has 9 heteroatoms. The first-order valence-electron chi connectivity index (χ1n) is 16.1. The lowest BCUT2D eigenvalue weighted by atomic mass is 9.94. The largest absolute Gasteiger partial charge is 0.352 e. The van der Waals surface area contributed by atoms with E-state index >= 15 is 0 Å². The fourth-order valence-electron chi connectivity index (χ4n) is 6.08. The Morgan fingerprint density at radius 1 is 0.809 bits per heavy atom. The summed E-state index contributed by atoms with van der Waals surface area (Å²) in [5, 5.41) is 3.25. The summed E-state index contributed by atoms with van der Waals surface area (Å²) >= 11 is 3.54. The van der Waals surface area contributed by atoms with E-state index in [1.54, 1.807) is 47.4 Å². The number of anilines is 1. The van der Waals surface area contributed by atoms with E-state index < -0.39 is 28.5 Å². The predicted octanol–water partition coefficient (Wildman–Crippen LogP) is 7.35. The normalized spacial score (nSPS) is 14.3. The van der Waals surface area contributed by atoms with Crippen molar-refractivity contribution in [2.75, 3.05) is 10.8 Å². The van der Waals surface area contributed by atoms with Crippen LogP contribution < -0.4 is 9.62 Å². The van der Waals surface area contributed by atoms with E-state index in [2.05, 4.69) is 21.2 Å². The Labute approximate surface area is 287 Å². The molecule has 0 aromatic heterocycles. The lowest BCUT2D eigenvalue weighted by Crippen LogP contribution is -2.55. The smallest absolute Gasteiger partial charge is 0.264 e. The molecular formula is C38H42BrN3O4S. The fourth-order valence-corrected chi connectivity index (χ4v) is 7.93. The summed E-state index contributed by atoms with van der Waals surface area (Å²) in [5.41, 5.74) is 3.90. The maximum atomic E-state index is 14.7. The minimum absolute atomic E-state index is 0.0445. The predicted molar refractivity (Wildman–Crippen MR) is 191 cm³/mol. The number of nitrogens with one attached hydrogen (secondary N) is 1. The second-order valence-electron chi connectivity index (χ2n) is 12.4. The van der Waals surface area contributed by atoms with Crippen molar-refractivity contribution in [3.05, 3.63) is 130 Å². The highest BCUT2D eigenvalue weighted by molar-refractivity contribution is 9.10. The maximum absolute atomic E-state index is 14.7. The first-order chi connectivity index (χ1) is 22.6. The highest BCUT2D eigenvalue weighted by Crippen LogP contribution is 2.27. The Morgan fingerprint density at radius 2 is 1.49 bits per heavy atom. The number of aryl methyl sites for hydroxylation is 2. The summed E-state index contributed by atoms with van der Waals surface area (Å²) in [5.74, 6) is -0.700. The third kappa shape index (κ3) is 9.11. The van der Waals surface area contributed by atoms with E-state index in [0.29, 0.717) is 5.69 Å². The Morgan fingerprint density at radius 3 is 2.17 bits per heavy atom. The Balaban J connectivity index is 1.56. The molecule has 1 atom stereocenters. The van der Waals surface area contributed by atoms with Crippen LogP contribution in [0.25, 0.3) is 0 Å². The minimum atomic E-state index is -4.15. The number of halogens is 1. The van der Waals surface area contributed by atoms with Gasteiger partial charge in [0.1, 0.15) is 12.6 Å². The number of benzene rings is 4. The highest BCUT2D eigenvalue weighted by atomic mass is 79.9. The van der Waals surface area contributed by atoms with Crippen molar-refractivity contribution < 1.29 is 18.0 Å². The molecule has 2 amide bonds. The number of carbonyl (C=O) groups is 2. The van der Waals surface area contributed by atoms with Gasteiger partial charge in [-0.3, -0.25) is 13.9 Å². The van der Waals surface area contributed by atoms with Gasteiger partial charge >= 0.3 is 0 Å². The highest BCUT2D eigenvalue weighted by Gasteiger charge is 2.35. The average Bonchev–Trinajstić information content (AvgIpc) is 3.06. The van der Waals surface area contributed by atoms with Crippen molar-refractivity contribution in [3.8, 4) is 0 Å². The lowest BCUT2D eigenvalue weighted by molar-refractivity contribution is -0.140. The number of hydrogen-bond donors (Lipinski definition) is 1. The molecular weight excluding hydrogens is 674 g/mol. The molecule has 7 nitrogen and oxygen atoms in total. The number of carbonyl (C=O) groups excluding carboxylic acids is 2. The minimum Gasteiger partial charge on any atom is -0.352 e. The molecule has 1 aliphatic rings. The molecule has 0 unspecified atom stereocenters. The molecule has 0 aliphatic heterocycles. The molecule has 0 heterocycles. The molecule has 0 spiro atoms. The van der Waals surface area contributed by atoms with Crippen LogP contribution in [-0.2, 0) is 32.6 Å². The Kier molecular flexibility index (Phi) is 11.5. The molecule has 246 valence electrons. The average molecular weight is 717 g/mol. The van der Waals surface area contributed by atoms with E-state index in [9.17, 15) is 18.0 Å². The van der Waals surface area contributed by atoms with Crippen molar-refractivity contribution in [2.24, 2.45) is 0 Å². The van der Waals surface area contributed by atoms with Crippen LogP contribution in [0.2, 0.25) is 0 Å². The molecule has 4 aromatic rings. The van der Waals surface area contributed by atoms with Crippen LogP contribution in [0.1, 0.15) is 54.4 Å². The van der Waals surface area contributed by atoms with Crippen LogP contribution in [0.15, 0.2) is 112 Å². The fraction of sp³-hybridized carbons (Fsp3) is 0.316. The molecule has 5 rings (SSSR count). The summed E-state index contributed by atoms with van der Waals surface area (Å²) in [6.07, 6.45) is 5.35. The third-order valence-electron chi connectivity index (χ3n) is 8.64. The zero-order valence-electron chi connectivity index (χ0n) is 26.9. The quantitative estimate of drug-likeness (QED) is 0.166. The molecule has 1 N–H and O–H groups in total. The molecule has 0 radical (unpaired) electrons. The number of nitrogens with zero attached hydrogens (tertiary/aromatic N) is 2. The van der Waals surface area contributed by atoms with Gasteiger partial charge in [-0.25, -0.2) is 8.42 Å². The molecule has 4 aromatic carbocycles. The number of amides is 2. The second-order valence-corrected chi connectivity index (χ2v) is 15.1. The van der Waals surface area contributed by atoms with Crippen molar-refractivity contribution in [1.82, 2.24) is 10.2 Å². The number of sulfonamides is 1. The lowest BCUT2D eigenvalue weighted by Gasteiger charge is -2.35. The monoisotopic (exact) mass is 715 g/mol. The summed E-state index contributed by atoms with van der Waals surface area (Å²) < 4.78 is 30.5. The summed E-state index contributed by atoms with van der Waals surface area (Å²) in [6, 6.07) is 30.2. The Bertz CT molecular complexity index is 1770. The standard InChI is InChI=1S/C38H42BrN3O4S/c1-28-19-21-35(22-20-28)47(45,46)42(34-18-9-11-29(2)23-34)27-37(43)41(26-31-14-10-15-32(39)24-31)36(25-30-12-5-3-6-13-30)38(44)40-33-16-7-4-8-17-33/h3,5-6,9-15,18-24,33,36H,4,7-8,16-17,25-27H2,1-2H3,(H,40,44)/t36-/m1/s1. The van der Waals surface area contributed by atoms with Gasteiger partial charge in [-0.15, -0.1) is 0 Å². The molecule has 0 saturated heterocycles. The topological polar surface area (TPSA) is 86.8 Å². The van der Waals surface area contributed by atoms with Gasteiger partial charge in [0.2, 0.25) is 11.8 Å². The molecule has 1 aliphatic carbocycles. The van der Waals surface area contributed by atoms with Gasteiger partial charge in [0, 0.05) is 23.5 Å². The van der Waals surface area contributed by atoms with Gasteiger partial charge in [0.05, 0.1) is 10.6 Å². The van der Waals surface area contributed by atoms with Gasteiger partial charge in [-0.1, -0.05) is 107 Å². The van der Waals surface area contributed by atoms with Gasteiger partial charge in [0.15, 0.2) is 0 Å². The van der Waals surface area contributed by atoms with Crippen LogP contribution in [0.5, 0.6) is 0 Å². The summed E-state index contributed by atoms with van der Waals surface area (Å²) in [4.78, 5) is 30.6. The maximum Gasteiger partial charge on any atom is 0.264 e. The van der Waals surface area contributed by atoms with Crippen LogP contribution in [-0.4, -0.2) is 43.8 Å². The van der Waals surface area contributed by atoms with Crippen LogP contribution in [0.3, 0.4) is 0 Å². The zero-order valence-corrected chi connectivity index (χ0v) is 29.3. The summed E-state index contributed by atoms with van der Waals surface area (Å²) in [6.45, 7) is 3.42. The Hall–Kier alpha value is -3.95. The van der Waals surface area contributed by atoms with Gasteiger partial charge in [-0.05, 0) is 79.8 Å². The van der Waals surface area contributed by atoms with Gasteiger partial charge in [-0.2, -0.15) is 0 Å². The van der Waals surface area contributed by atoms with Crippen molar-refractivity contribution in [2.45, 2.75) is 75.9 Å². The van der Waals surface area contributed by atoms with E-state index in [4.69, 9.17) is 0 Å². The molecule has 0 bridgehead atoms. The number of rotatable bonds is 12. The van der Waals surface area contributed by atoms with E-state index in [-0.39, 0.29) is 29.8 Å². The van der Waals surface area contributed by atoms with E-state index in [1.807, 2.05) is 74.5 Å². The van der Waals surface area contributed by atoms with Crippen LogP contribution >= 0.6 is 15.9 Å². The molecule has 1 saturated carbocycles. The van der Waals surface area contributed by atoms with Crippen molar-refractivity contribution in [1.29, 1.82) is 0 Å². The first-order valence-corrected chi connectivity index (χ1v) is 18.4. The second kappa shape index (κ2) is 15.8. The third-order valence-corrected chi connectivity index (χ3v) is 10.9. The van der Waals surface area contributed by atoms with E-state index in [1.165, 1.54) is 4.31 Å². The van der Waals surface area contributed by atoms with Crippen LogP contribution in [0.4, 0.5) is 5.69 Å². The summed E-state index contributed by atoms with van der Waals surface area (Å²) in [7, 11) is -4.15. The molecule has 47 heavy (non-hydrogen) atoms. The molecule has 1 fully saturated rings.